The predicted octanol–water partition coefficient (Wildman–Crippen LogP) is -1.22. The van der Waals surface area contributed by atoms with Crippen LogP contribution in [0.15, 0.2) is 22.2 Å². The summed E-state index contributed by atoms with van der Waals surface area (Å²) in [6, 6.07) is -0.0497. The molecule has 3 aliphatic heterocycles. The van der Waals surface area contributed by atoms with Crippen LogP contribution in [-0.2, 0) is 51.2 Å². The lowest BCUT2D eigenvalue weighted by molar-refractivity contribution is -0.0530. The SMILES string of the molecule is [B]P1(=S)OC[C@H]2O[C@@H](n3cnc4c(=O)[nH]c(N)nc43)C(O)[C@H]2OP([B])(=S)OC[C@H]2O[C@@H](n3cnc4c(=O)[nH]c(NC(C)C)nc43)[C@@H](O)C2O1. The minimum Gasteiger partial charge on any atom is -0.386 e. The number of aliphatic hydroxyl groups is 2. The van der Waals surface area contributed by atoms with Crippen LogP contribution in [0, 0.1) is 0 Å². The van der Waals surface area contributed by atoms with E-state index in [-0.39, 0.29) is 53.5 Å². The lowest BCUT2D eigenvalue weighted by Crippen LogP contribution is -2.39. The van der Waals surface area contributed by atoms with Crippen molar-refractivity contribution in [3.63, 3.8) is 0 Å². The smallest absolute Gasteiger partial charge is 0.280 e. The van der Waals surface area contributed by atoms with E-state index in [1.54, 1.807) is 0 Å². The number of aliphatic hydroxyl groups excluding tert-OH is 2. The zero-order valence-corrected chi connectivity index (χ0v) is 29.0. The second-order valence-corrected chi connectivity index (χ2v) is 17.9. The molecule has 4 aromatic rings. The Balaban J connectivity index is 1.17. The molecule has 7 rings (SSSR count). The van der Waals surface area contributed by atoms with Crippen LogP contribution in [0.25, 0.3) is 22.3 Å². The molecule has 3 fully saturated rings. The van der Waals surface area contributed by atoms with Crippen molar-refractivity contribution < 1.29 is 37.8 Å². The maximum absolute atomic E-state index is 12.7. The van der Waals surface area contributed by atoms with Crippen LogP contribution in [-0.4, -0.2) is 120 Å². The van der Waals surface area contributed by atoms with Crippen molar-refractivity contribution >= 4 is 85.7 Å². The number of nitrogens with zero attached hydrogens (tertiary/aromatic N) is 6. The van der Waals surface area contributed by atoms with Gasteiger partial charge in [0, 0.05) is 6.04 Å². The van der Waals surface area contributed by atoms with Gasteiger partial charge in [-0.05, 0) is 37.5 Å². The summed E-state index contributed by atoms with van der Waals surface area (Å²) in [5.41, 5.74) is 4.73. The van der Waals surface area contributed by atoms with Gasteiger partial charge in [0.2, 0.25) is 11.9 Å². The first-order valence-electron chi connectivity index (χ1n) is 14.7. The van der Waals surface area contributed by atoms with E-state index in [0.29, 0.717) is 0 Å². The van der Waals surface area contributed by atoms with E-state index in [4.69, 9.17) is 72.0 Å². The zero-order chi connectivity index (χ0) is 35.0. The molecule has 0 amide bonds. The maximum atomic E-state index is 12.7. The molecule has 4 unspecified atom stereocenters. The molecule has 49 heavy (non-hydrogen) atoms. The highest BCUT2D eigenvalue weighted by atomic mass is 32.5. The number of ether oxygens (including phenoxy) is 2. The van der Waals surface area contributed by atoms with Crippen LogP contribution in [0.2, 0.25) is 0 Å². The molecule has 258 valence electrons. The van der Waals surface area contributed by atoms with E-state index in [0.717, 1.165) is 0 Å². The molecular weight excluding hydrogens is 724 g/mol. The van der Waals surface area contributed by atoms with Gasteiger partial charge in [-0.3, -0.25) is 28.7 Å². The molecule has 0 aromatic carbocycles. The third-order valence-electron chi connectivity index (χ3n) is 7.85. The first-order chi connectivity index (χ1) is 23.1. The zero-order valence-electron chi connectivity index (χ0n) is 25.6. The Morgan fingerprint density at radius 2 is 1.37 bits per heavy atom. The second kappa shape index (κ2) is 12.9. The Labute approximate surface area is 288 Å². The lowest BCUT2D eigenvalue weighted by atomic mass is 10.1. The number of nitrogen functional groups attached to an aromatic ring is 1. The van der Waals surface area contributed by atoms with E-state index in [1.165, 1.54) is 21.8 Å². The van der Waals surface area contributed by atoms with Crippen molar-refractivity contribution in [2.45, 2.75) is 69.0 Å². The summed E-state index contributed by atoms with van der Waals surface area (Å²) in [5, 5.41) is 25.9. The van der Waals surface area contributed by atoms with Gasteiger partial charge in [0.25, 0.3) is 11.1 Å². The fraction of sp³-hybridized carbons (Fsp3) is 0.565. The number of nitrogens with one attached hydrogen (secondary N) is 3. The molecule has 26 heteroatoms. The maximum Gasteiger partial charge on any atom is 0.280 e. The number of H-pyrrole nitrogens is 2. The van der Waals surface area contributed by atoms with Crippen molar-refractivity contribution in [2.75, 3.05) is 24.3 Å². The molecule has 10 atom stereocenters. The topological polar surface area (TPSA) is 261 Å². The van der Waals surface area contributed by atoms with Crippen LogP contribution in [0.4, 0.5) is 11.9 Å². The van der Waals surface area contributed by atoms with Gasteiger partial charge in [-0.15, -0.1) is 0 Å². The van der Waals surface area contributed by atoms with E-state index >= 15 is 0 Å². The molecule has 0 bridgehead atoms. The molecule has 3 aliphatic rings. The Bertz CT molecular complexity index is 2130. The summed E-state index contributed by atoms with van der Waals surface area (Å²) in [5.74, 6) is 0.00739. The Hall–Kier alpha value is -2.59. The number of aromatic amines is 2. The largest absolute Gasteiger partial charge is 0.386 e. The number of aromatic nitrogens is 8. The van der Waals surface area contributed by atoms with Crippen molar-refractivity contribution in [1.82, 2.24) is 39.0 Å². The first kappa shape index (κ1) is 34.8. The standard InChI is InChI=1S/C23H28B2N10O10P2S2/c1-7(2)29-23-31-17-11(19(39)33-23)28-6-35(17)21-13(37)15-9(43-21)4-41-46(24,48)44-14-8(3-40-47(25,49)45-15)42-20(12(14)36)34-5-27-10-16(34)30-22(26)32-18(10)38/h5-9,12-15,20-21,36-37H,3-4H2,1-2H3,(H3,26,30,32,38)(H2,29,31,33,39)/t8-,9-,12?,13+,14+,15?,20-,21-,46?,47?/m1/s1. The Morgan fingerprint density at radius 1 is 0.898 bits per heavy atom. The third kappa shape index (κ3) is 6.65. The van der Waals surface area contributed by atoms with Gasteiger partial charge >= 0.3 is 0 Å². The number of hydrogen-bond acceptors (Lipinski definition) is 18. The average molecular weight is 752 g/mol. The number of imidazole rings is 2. The van der Waals surface area contributed by atoms with Crippen LogP contribution in [0.1, 0.15) is 26.3 Å². The summed E-state index contributed by atoms with van der Waals surface area (Å²) in [6.07, 6.45) is -14.9. The number of hydrogen-bond donors (Lipinski definition) is 6. The number of nitrogens with two attached hydrogens (primary N) is 1. The van der Waals surface area contributed by atoms with Gasteiger partial charge in [0.15, 0.2) is 49.9 Å². The quantitative estimate of drug-likeness (QED) is 0.105. The normalized spacial score (nSPS) is 35.6. The van der Waals surface area contributed by atoms with Crippen LogP contribution >= 0.6 is 12.7 Å². The second-order valence-electron chi connectivity index (χ2n) is 11.7. The molecule has 4 radical (unpaired) electrons. The molecule has 7 N–H and O–H groups in total. The van der Waals surface area contributed by atoms with Gasteiger partial charge in [0.1, 0.15) is 49.4 Å². The minimum absolute atomic E-state index is 0.00411. The third-order valence-corrected chi connectivity index (χ3v) is 11.1. The predicted molar refractivity (Wildman–Crippen MR) is 181 cm³/mol. The molecule has 0 spiro atoms. The lowest BCUT2D eigenvalue weighted by Gasteiger charge is -2.33. The Morgan fingerprint density at radius 3 is 1.86 bits per heavy atom. The summed E-state index contributed by atoms with van der Waals surface area (Å²) in [4.78, 5) is 46.8. The van der Waals surface area contributed by atoms with E-state index in [1.807, 2.05) is 13.8 Å². The molecule has 0 aliphatic carbocycles. The molecule has 4 aromatic heterocycles. The number of anilines is 2. The molecule has 3 saturated heterocycles. The average Bonchev–Trinajstić information content (AvgIpc) is 3.76. The number of fused-ring (bicyclic) bond motifs is 4. The van der Waals surface area contributed by atoms with E-state index < -0.39 is 72.9 Å². The highest BCUT2D eigenvalue weighted by molar-refractivity contribution is 8.21. The van der Waals surface area contributed by atoms with Gasteiger partial charge in [-0.2, -0.15) is 9.97 Å². The monoisotopic (exact) mass is 752 g/mol. The molecule has 20 nitrogen and oxygen atoms in total. The fourth-order valence-electron chi connectivity index (χ4n) is 5.77. The highest BCUT2D eigenvalue weighted by Crippen LogP contribution is 2.53. The Kier molecular flexibility index (Phi) is 9.15. The summed E-state index contributed by atoms with van der Waals surface area (Å²) in [6.45, 7) is 2.98. The molecule has 7 heterocycles. The van der Waals surface area contributed by atoms with Crippen molar-refractivity contribution in [3.05, 3.63) is 33.4 Å². The van der Waals surface area contributed by atoms with Crippen LogP contribution in [0.5, 0.6) is 0 Å². The van der Waals surface area contributed by atoms with Crippen molar-refractivity contribution in [2.24, 2.45) is 0 Å². The van der Waals surface area contributed by atoms with Gasteiger partial charge in [0.05, 0.1) is 25.9 Å². The van der Waals surface area contributed by atoms with Crippen molar-refractivity contribution in [3.8, 4) is 0 Å². The summed E-state index contributed by atoms with van der Waals surface area (Å²) >= 11 is 11.0. The van der Waals surface area contributed by atoms with Crippen molar-refractivity contribution in [1.29, 1.82) is 0 Å². The fourth-order valence-corrected chi connectivity index (χ4v) is 8.76. The molecule has 0 saturated carbocycles. The minimum atomic E-state index is -3.69. The highest BCUT2D eigenvalue weighted by Gasteiger charge is 2.51. The van der Waals surface area contributed by atoms with Gasteiger partial charge in [-0.1, -0.05) is 0 Å². The molecular formula is C23H28B2N10O10P2S2. The van der Waals surface area contributed by atoms with E-state index in [9.17, 15) is 19.8 Å². The number of rotatable bonds is 4. The summed E-state index contributed by atoms with van der Waals surface area (Å²) in [7, 11) is 12.7. The van der Waals surface area contributed by atoms with Gasteiger partial charge in [-0.25, -0.2) is 9.97 Å². The summed E-state index contributed by atoms with van der Waals surface area (Å²) < 4.78 is 38.6. The van der Waals surface area contributed by atoms with E-state index in [2.05, 4.69) is 35.2 Å². The first-order valence-corrected chi connectivity index (χ1v) is 20.1. The van der Waals surface area contributed by atoms with Crippen LogP contribution < -0.4 is 22.2 Å². The van der Waals surface area contributed by atoms with Gasteiger partial charge < -0.3 is 48.8 Å². The van der Waals surface area contributed by atoms with Crippen LogP contribution in [0.3, 0.4) is 0 Å².